The standard InChI is InChI=1S/C14H27N3O/c1-11-6-5-7-13(10-15)17(11)12(2)14(18)16-8-3-4-9-16/h11-13H,3-10,15H2,1-2H3. The van der Waals surface area contributed by atoms with Gasteiger partial charge in [0, 0.05) is 31.7 Å². The number of rotatable bonds is 3. The van der Waals surface area contributed by atoms with Crippen molar-refractivity contribution in [1.29, 1.82) is 0 Å². The second kappa shape index (κ2) is 6.02. The molecule has 2 N–H and O–H groups in total. The van der Waals surface area contributed by atoms with Gasteiger partial charge in [0.2, 0.25) is 5.91 Å². The van der Waals surface area contributed by atoms with Crippen LogP contribution in [0.2, 0.25) is 0 Å². The summed E-state index contributed by atoms with van der Waals surface area (Å²) in [5.74, 6) is 0.305. The van der Waals surface area contributed by atoms with Crippen molar-refractivity contribution >= 4 is 5.91 Å². The predicted molar refractivity (Wildman–Crippen MR) is 73.3 cm³/mol. The van der Waals surface area contributed by atoms with Crippen LogP contribution >= 0.6 is 0 Å². The Labute approximate surface area is 110 Å². The summed E-state index contributed by atoms with van der Waals surface area (Å²) in [5, 5.41) is 0. The van der Waals surface area contributed by atoms with Gasteiger partial charge in [-0.3, -0.25) is 9.69 Å². The molecule has 2 rings (SSSR count). The fraction of sp³-hybridized carbons (Fsp3) is 0.929. The summed E-state index contributed by atoms with van der Waals surface area (Å²) in [4.78, 5) is 16.9. The van der Waals surface area contributed by atoms with E-state index in [-0.39, 0.29) is 6.04 Å². The predicted octanol–water partition coefficient (Wildman–Crippen LogP) is 1.20. The van der Waals surface area contributed by atoms with Crippen LogP contribution in [0.1, 0.15) is 46.0 Å². The minimum Gasteiger partial charge on any atom is -0.341 e. The Hall–Kier alpha value is -0.610. The molecule has 0 aliphatic carbocycles. The van der Waals surface area contributed by atoms with Gasteiger partial charge in [0.25, 0.3) is 0 Å². The van der Waals surface area contributed by atoms with Gasteiger partial charge in [-0.15, -0.1) is 0 Å². The van der Waals surface area contributed by atoms with Gasteiger partial charge in [-0.1, -0.05) is 6.42 Å². The lowest BCUT2D eigenvalue weighted by atomic mass is 9.94. The quantitative estimate of drug-likeness (QED) is 0.822. The smallest absolute Gasteiger partial charge is 0.239 e. The van der Waals surface area contributed by atoms with Gasteiger partial charge in [-0.25, -0.2) is 0 Å². The monoisotopic (exact) mass is 253 g/mol. The second-order valence-corrected chi connectivity index (χ2v) is 5.83. The molecule has 2 saturated heterocycles. The first-order valence-electron chi connectivity index (χ1n) is 7.41. The van der Waals surface area contributed by atoms with Crippen molar-refractivity contribution in [2.75, 3.05) is 19.6 Å². The van der Waals surface area contributed by atoms with Gasteiger partial charge in [-0.05, 0) is 39.5 Å². The van der Waals surface area contributed by atoms with Gasteiger partial charge >= 0.3 is 0 Å². The van der Waals surface area contributed by atoms with E-state index >= 15 is 0 Å². The second-order valence-electron chi connectivity index (χ2n) is 5.83. The first-order valence-corrected chi connectivity index (χ1v) is 7.41. The maximum Gasteiger partial charge on any atom is 0.239 e. The summed E-state index contributed by atoms with van der Waals surface area (Å²) >= 11 is 0. The minimum absolute atomic E-state index is 0.00745. The molecule has 0 aromatic carbocycles. The van der Waals surface area contributed by atoms with Crippen molar-refractivity contribution in [3.63, 3.8) is 0 Å². The molecule has 0 radical (unpaired) electrons. The highest BCUT2D eigenvalue weighted by Gasteiger charge is 2.36. The molecule has 0 saturated carbocycles. The van der Waals surface area contributed by atoms with E-state index in [9.17, 15) is 4.79 Å². The van der Waals surface area contributed by atoms with Crippen LogP contribution in [0.25, 0.3) is 0 Å². The van der Waals surface area contributed by atoms with Gasteiger partial charge in [0.05, 0.1) is 6.04 Å². The third-order valence-electron chi connectivity index (χ3n) is 4.58. The molecule has 2 heterocycles. The average molecular weight is 253 g/mol. The van der Waals surface area contributed by atoms with Gasteiger partial charge in [0.1, 0.15) is 0 Å². The highest BCUT2D eigenvalue weighted by atomic mass is 16.2. The van der Waals surface area contributed by atoms with Crippen molar-refractivity contribution in [2.45, 2.75) is 64.1 Å². The number of hydrogen-bond donors (Lipinski definition) is 1. The van der Waals surface area contributed by atoms with Gasteiger partial charge < -0.3 is 10.6 Å². The fourth-order valence-corrected chi connectivity index (χ4v) is 3.57. The number of nitrogens with zero attached hydrogens (tertiary/aromatic N) is 2. The molecule has 0 aromatic heterocycles. The largest absolute Gasteiger partial charge is 0.341 e. The number of hydrogen-bond acceptors (Lipinski definition) is 3. The van der Waals surface area contributed by atoms with E-state index in [2.05, 4.69) is 18.7 Å². The number of piperidine rings is 1. The molecule has 2 aliphatic rings. The maximum absolute atomic E-state index is 12.5. The lowest BCUT2D eigenvalue weighted by molar-refractivity contribution is -0.138. The number of nitrogens with two attached hydrogens (primary N) is 1. The lowest BCUT2D eigenvalue weighted by Gasteiger charge is -2.44. The zero-order valence-corrected chi connectivity index (χ0v) is 11.8. The topological polar surface area (TPSA) is 49.6 Å². The number of carbonyl (C=O) groups is 1. The molecular weight excluding hydrogens is 226 g/mol. The van der Waals surface area contributed by atoms with Crippen molar-refractivity contribution in [2.24, 2.45) is 5.73 Å². The molecule has 18 heavy (non-hydrogen) atoms. The summed E-state index contributed by atoms with van der Waals surface area (Å²) in [6.45, 7) is 6.85. The highest BCUT2D eigenvalue weighted by Crippen LogP contribution is 2.26. The Morgan fingerprint density at radius 1 is 1.28 bits per heavy atom. The van der Waals surface area contributed by atoms with E-state index in [1.54, 1.807) is 0 Å². The summed E-state index contributed by atoms with van der Waals surface area (Å²) < 4.78 is 0. The van der Waals surface area contributed by atoms with E-state index in [1.165, 1.54) is 12.8 Å². The number of carbonyl (C=O) groups excluding carboxylic acids is 1. The summed E-state index contributed by atoms with van der Waals surface area (Å²) in [6.07, 6.45) is 5.89. The summed E-state index contributed by atoms with van der Waals surface area (Å²) in [7, 11) is 0. The van der Waals surface area contributed by atoms with Crippen LogP contribution in [-0.4, -0.2) is 53.5 Å². The molecule has 104 valence electrons. The van der Waals surface area contributed by atoms with E-state index in [4.69, 9.17) is 5.73 Å². The van der Waals surface area contributed by atoms with Crippen molar-refractivity contribution in [3.05, 3.63) is 0 Å². The zero-order valence-electron chi connectivity index (χ0n) is 11.8. The minimum atomic E-state index is -0.00745. The molecular formula is C14H27N3O. The molecule has 4 nitrogen and oxygen atoms in total. The number of amides is 1. The van der Waals surface area contributed by atoms with Crippen LogP contribution in [0.4, 0.5) is 0 Å². The SMILES string of the molecule is CC1CCCC(CN)N1C(C)C(=O)N1CCCC1. The number of likely N-dealkylation sites (tertiary alicyclic amines) is 2. The molecule has 0 aromatic rings. The third kappa shape index (κ3) is 2.69. The van der Waals surface area contributed by atoms with Crippen LogP contribution in [0.5, 0.6) is 0 Å². The Morgan fingerprint density at radius 2 is 1.94 bits per heavy atom. The van der Waals surface area contributed by atoms with Crippen LogP contribution in [0, 0.1) is 0 Å². The third-order valence-corrected chi connectivity index (χ3v) is 4.58. The average Bonchev–Trinajstić information content (AvgIpc) is 2.90. The summed E-state index contributed by atoms with van der Waals surface area (Å²) in [5.41, 5.74) is 5.88. The molecule has 4 heteroatoms. The molecule has 3 unspecified atom stereocenters. The fourth-order valence-electron chi connectivity index (χ4n) is 3.57. The molecule has 2 fully saturated rings. The lowest BCUT2D eigenvalue weighted by Crippen LogP contribution is -2.57. The van der Waals surface area contributed by atoms with Crippen LogP contribution in [-0.2, 0) is 4.79 Å². The molecule has 2 aliphatic heterocycles. The molecule has 3 atom stereocenters. The first-order chi connectivity index (χ1) is 8.65. The van der Waals surface area contributed by atoms with Gasteiger partial charge in [0.15, 0.2) is 0 Å². The molecule has 0 spiro atoms. The Kier molecular flexibility index (Phi) is 4.62. The van der Waals surface area contributed by atoms with E-state index in [0.29, 0.717) is 24.5 Å². The van der Waals surface area contributed by atoms with Crippen molar-refractivity contribution in [3.8, 4) is 0 Å². The Balaban J connectivity index is 2.04. The van der Waals surface area contributed by atoms with E-state index < -0.39 is 0 Å². The Morgan fingerprint density at radius 3 is 2.56 bits per heavy atom. The maximum atomic E-state index is 12.5. The Bertz CT molecular complexity index is 289. The zero-order chi connectivity index (χ0) is 13.1. The normalized spacial score (nSPS) is 31.6. The molecule has 1 amide bonds. The van der Waals surface area contributed by atoms with E-state index in [0.717, 1.165) is 32.4 Å². The first kappa shape index (κ1) is 13.8. The summed E-state index contributed by atoms with van der Waals surface area (Å²) in [6, 6.07) is 0.858. The van der Waals surface area contributed by atoms with Crippen LogP contribution < -0.4 is 5.73 Å². The van der Waals surface area contributed by atoms with Crippen molar-refractivity contribution in [1.82, 2.24) is 9.80 Å². The van der Waals surface area contributed by atoms with E-state index in [1.807, 2.05) is 4.90 Å². The van der Waals surface area contributed by atoms with Crippen LogP contribution in [0.15, 0.2) is 0 Å². The van der Waals surface area contributed by atoms with Crippen LogP contribution in [0.3, 0.4) is 0 Å². The highest BCUT2D eigenvalue weighted by molar-refractivity contribution is 5.81. The van der Waals surface area contributed by atoms with Crippen molar-refractivity contribution < 1.29 is 4.79 Å². The van der Waals surface area contributed by atoms with Gasteiger partial charge in [-0.2, -0.15) is 0 Å². The molecule has 0 bridgehead atoms.